The highest BCUT2D eigenvalue weighted by molar-refractivity contribution is 5.80. The van der Waals surface area contributed by atoms with Gasteiger partial charge in [-0.3, -0.25) is 14.0 Å². The van der Waals surface area contributed by atoms with Crippen molar-refractivity contribution in [1.29, 1.82) is 0 Å². The van der Waals surface area contributed by atoms with Gasteiger partial charge in [0.15, 0.2) is 5.82 Å². The number of nitrogens with zero attached hydrogens (tertiary/aromatic N) is 4. The van der Waals surface area contributed by atoms with Crippen LogP contribution in [0.3, 0.4) is 0 Å². The number of fused-ring (bicyclic) bond motifs is 1. The number of aliphatic hydroxyl groups excluding tert-OH is 1. The minimum atomic E-state index is -0.802. The lowest BCUT2D eigenvalue weighted by Gasteiger charge is -2.29. The van der Waals surface area contributed by atoms with Gasteiger partial charge in [-0.1, -0.05) is 24.3 Å². The molecule has 0 spiro atoms. The topological polar surface area (TPSA) is 82.2 Å². The van der Waals surface area contributed by atoms with Crippen LogP contribution in [0.4, 0.5) is 4.39 Å². The van der Waals surface area contributed by atoms with Gasteiger partial charge in [0.1, 0.15) is 5.52 Å². The molecule has 0 aliphatic carbocycles. The first-order valence-corrected chi connectivity index (χ1v) is 10.9. The van der Waals surface area contributed by atoms with Gasteiger partial charge in [-0.2, -0.15) is 5.10 Å². The van der Waals surface area contributed by atoms with Gasteiger partial charge in [0.2, 0.25) is 0 Å². The molecule has 1 aliphatic rings. The molecule has 5 rings (SSSR count). The van der Waals surface area contributed by atoms with Gasteiger partial charge < -0.3 is 9.84 Å². The summed E-state index contributed by atoms with van der Waals surface area (Å²) in [6.45, 7) is 2.33. The molecule has 0 unspecified atom stereocenters. The quantitative estimate of drug-likeness (QED) is 0.519. The number of halogens is 1. The molecular formula is C25H25FN4O3. The predicted molar refractivity (Wildman–Crippen MR) is 123 cm³/mol. The maximum atomic E-state index is 15.2. The highest BCUT2D eigenvalue weighted by Gasteiger charge is 2.27. The highest BCUT2D eigenvalue weighted by atomic mass is 19.1. The van der Waals surface area contributed by atoms with E-state index in [1.165, 1.54) is 10.9 Å². The van der Waals surface area contributed by atoms with Crippen molar-refractivity contribution in [2.75, 3.05) is 13.2 Å². The molecule has 0 bridgehead atoms. The van der Waals surface area contributed by atoms with Gasteiger partial charge in [0.05, 0.1) is 36.7 Å². The van der Waals surface area contributed by atoms with Crippen LogP contribution in [0, 0.1) is 12.7 Å². The van der Waals surface area contributed by atoms with E-state index in [2.05, 4.69) is 10.1 Å². The summed E-state index contributed by atoms with van der Waals surface area (Å²) >= 11 is 0. The first kappa shape index (κ1) is 21.5. The molecule has 1 aliphatic heterocycles. The standard InChI is InChI=1S/C25H25FN4O3/c1-15-18(9-16-3-5-17(6-4-16)19-11-28-29(2)12-19)10-20-24(23(15)26)27-14-30(25(20)32)21-7-8-33-13-22(21)31/h3-6,10-12,14,21-22,31H,7-9,13H2,1-2H3/t21-,22-/m0/s1. The van der Waals surface area contributed by atoms with Crippen molar-refractivity contribution < 1.29 is 14.2 Å². The average Bonchev–Trinajstić information content (AvgIpc) is 3.25. The molecule has 3 heterocycles. The van der Waals surface area contributed by atoms with Crippen LogP contribution < -0.4 is 5.56 Å². The van der Waals surface area contributed by atoms with E-state index in [4.69, 9.17) is 4.74 Å². The molecule has 4 aromatic rings. The number of aliphatic hydroxyl groups is 1. The largest absolute Gasteiger partial charge is 0.389 e. The fourth-order valence-corrected chi connectivity index (χ4v) is 4.45. The summed E-state index contributed by atoms with van der Waals surface area (Å²) in [6.07, 6.45) is 5.28. The Morgan fingerprint density at radius 1 is 1.24 bits per heavy atom. The van der Waals surface area contributed by atoms with Crippen molar-refractivity contribution in [3.8, 4) is 11.1 Å². The highest BCUT2D eigenvalue weighted by Crippen LogP contribution is 2.26. The average molecular weight is 448 g/mol. The Morgan fingerprint density at radius 2 is 2.03 bits per heavy atom. The van der Waals surface area contributed by atoms with Crippen LogP contribution in [0.2, 0.25) is 0 Å². The van der Waals surface area contributed by atoms with E-state index in [9.17, 15) is 9.90 Å². The van der Waals surface area contributed by atoms with E-state index in [0.717, 1.165) is 22.3 Å². The van der Waals surface area contributed by atoms with Crippen LogP contribution in [0.5, 0.6) is 0 Å². The van der Waals surface area contributed by atoms with Gasteiger partial charge in [-0.15, -0.1) is 0 Å². The van der Waals surface area contributed by atoms with Crippen LogP contribution in [0.15, 0.2) is 53.8 Å². The van der Waals surface area contributed by atoms with Crippen molar-refractivity contribution in [3.63, 3.8) is 0 Å². The first-order chi connectivity index (χ1) is 15.9. The van der Waals surface area contributed by atoms with Crippen LogP contribution in [0.1, 0.15) is 29.2 Å². The second kappa shape index (κ2) is 8.53. The molecule has 7 nitrogen and oxygen atoms in total. The zero-order valence-corrected chi connectivity index (χ0v) is 18.5. The minimum absolute atomic E-state index is 0.0611. The monoisotopic (exact) mass is 448 g/mol. The van der Waals surface area contributed by atoms with E-state index in [1.807, 2.05) is 43.7 Å². The SMILES string of the molecule is Cc1c(Cc2ccc(-c3cnn(C)c3)cc2)cc2c(=O)n([C@H]3CCOC[C@@H]3O)cnc2c1F. The molecular weight excluding hydrogens is 423 g/mol. The molecule has 2 aromatic heterocycles. The molecule has 170 valence electrons. The maximum absolute atomic E-state index is 15.2. The van der Waals surface area contributed by atoms with E-state index >= 15 is 4.39 Å². The van der Waals surface area contributed by atoms with Crippen molar-refractivity contribution in [2.24, 2.45) is 7.05 Å². The lowest BCUT2D eigenvalue weighted by atomic mass is 9.96. The summed E-state index contributed by atoms with van der Waals surface area (Å²) in [6, 6.07) is 9.34. The van der Waals surface area contributed by atoms with Crippen molar-refractivity contribution >= 4 is 10.9 Å². The van der Waals surface area contributed by atoms with Gasteiger partial charge in [0.25, 0.3) is 5.56 Å². The number of aryl methyl sites for hydroxylation is 1. The number of rotatable bonds is 4. The van der Waals surface area contributed by atoms with E-state index in [-0.39, 0.29) is 23.1 Å². The molecule has 0 amide bonds. The van der Waals surface area contributed by atoms with Crippen molar-refractivity contribution in [2.45, 2.75) is 31.9 Å². The third-order valence-electron chi connectivity index (χ3n) is 6.40. The van der Waals surface area contributed by atoms with Gasteiger partial charge in [0, 0.05) is 25.4 Å². The molecule has 33 heavy (non-hydrogen) atoms. The van der Waals surface area contributed by atoms with Crippen LogP contribution >= 0.6 is 0 Å². The molecule has 1 saturated heterocycles. The zero-order valence-electron chi connectivity index (χ0n) is 18.5. The second-order valence-corrected chi connectivity index (χ2v) is 8.60. The summed E-state index contributed by atoms with van der Waals surface area (Å²) in [5, 5.41) is 14.7. The minimum Gasteiger partial charge on any atom is -0.389 e. The summed E-state index contributed by atoms with van der Waals surface area (Å²) in [7, 11) is 1.88. The molecule has 2 atom stereocenters. The number of aromatic nitrogens is 4. The number of benzene rings is 2. The molecule has 2 aromatic carbocycles. The van der Waals surface area contributed by atoms with E-state index in [1.54, 1.807) is 17.7 Å². The summed E-state index contributed by atoms with van der Waals surface area (Å²) in [4.78, 5) is 17.5. The van der Waals surface area contributed by atoms with Crippen LogP contribution in [0.25, 0.3) is 22.0 Å². The Morgan fingerprint density at radius 3 is 2.73 bits per heavy atom. The van der Waals surface area contributed by atoms with Gasteiger partial charge in [-0.05, 0) is 48.1 Å². The maximum Gasteiger partial charge on any atom is 0.261 e. The molecule has 8 heteroatoms. The van der Waals surface area contributed by atoms with Crippen LogP contribution in [-0.4, -0.2) is 43.8 Å². The molecule has 1 fully saturated rings. The van der Waals surface area contributed by atoms with E-state index in [0.29, 0.717) is 25.0 Å². The van der Waals surface area contributed by atoms with Crippen LogP contribution in [-0.2, 0) is 18.2 Å². The Balaban J connectivity index is 1.51. The second-order valence-electron chi connectivity index (χ2n) is 8.60. The first-order valence-electron chi connectivity index (χ1n) is 10.9. The Bertz CT molecular complexity index is 1380. The Hall–Kier alpha value is -3.36. The van der Waals surface area contributed by atoms with Crippen molar-refractivity contribution in [3.05, 3.63) is 81.9 Å². The normalized spacial score (nSPS) is 18.7. The smallest absolute Gasteiger partial charge is 0.261 e. The molecule has 0 saturated carbocycles. The van der Waals surface area contributed by atoms with Gasteiger partial charge in [-0.25, -0.2) is 9.37 Å². The summed E-state index contributed by atoms with van der Waals surface area (Å²) < 4.78 is 23.6. The van der Waals surface area contributed by atoms with Crippen molar-refractivity contribution in [1.82, 2.24) is 19.3 Å². The fourth-order valence-electron chi connectivity index (χ4n) is 4.45. The lowest BCUT2D eigenvalue weighted by Crippen LogP contribution is -2.39. The third-order valence-corrected chi connectivity index (χ3v) is 6.40. The Kier molecular flexibility index (Phi) is 5.55. The number of hydrogen-bond donors (Lipinski definition) is 1. The molecule has 0 radical (unpaired) electrons. The molecule has 1 N–H and O–H groups in total. The number of ether oxygens (including phenoxy) is 1. The fraction of sp³-hybridized carbons (Fsp3) is 0.320. The zero-order chi connectivity index (χ0) is 23.1. The predicted octanol–water partition coefficient (Wildman–Crippen LogP) is 3.16. The lowest BCUT2D eigenvalue weighted by molar-refractivity contribution is -0.0395. The van der Waals surface area contributed by atoms with Gasteiger partial charge >= 0.3 is 0 Å². The number of hydrogen-bond acceptors (Lipinski definition) is 5. The van der Waals surface area contributed by atoms with E-state index < -0.39 is 18.0 Å². The Labute approximate surface area is 190 Å². The summed E-state index contributed by atoms with van der Waals surface area (Å²) in [5.74, 6) is -0.480. The third kappa shape index (κ3) is 3.96. The summed E-state index contributed by atoms with van der Waals surface area (Å²) in [5.41, 5.74) is 4.01.